The Morgan fingerprint density at radius 2 is 1.91 bits per heavy atom. The van der Waals surface area contributed by atoms with Gasteiger partial charge in [-0.05, 0) is 89.1 Å². The highest BCUT2D eigenvalue weighted by molar-refractivity contribution is 6.30. The van der Waals surface area contributed by atoms with Gasteiger partial charge in [0.05, 0.1) is 28.4 Å². The summed E-state index contributed by atoms with van der Waals surface area (Å²) < 4.78 is 21.9. The van der Waals surface area contributed by atoms with Crippen LogP contribution in [0.3, 0.4) is 0 Å². The van der Waals surface area contributed by atoms with E-state index in [1.807, 2.05) is 55.1 Å². The summed E-state index contributed by atoms with van der Waals surface area (Å²) in [5, 5.41) is 11.3. The first-order valence-corrected chi connectivity index (χ1v) is 12.2. The molecule has 1 fully saturated rings. The minimum absolute atomic E-state index is 0.0690. The highest BCUT2D eigenvalue weighted by atomic mass is 35.5. The summed E-state index contributed by atoms with van der Waals surface area (Å²) in [6, 6.07) is 13.3. The molecular formula is C27H32ClFN4O2. The Hall–Kier alpha value is -2.90. The summed E-state index contributed by atoms with van der Waals surface area (Å²) >= 11 is 5.92. The van der Waals surface area contributed by atoms with E-state index in [9.17, 15) is 9.18 Å². The van der Waals surface area contributed by atoms with E-state index in [4.69, 9.17) is 21.4 Å². The van der Waals surface area contributed by atoms with E-state index in [0.717, 1.165) is 17.0 Å². The molecule has 1 unspecified atom stereocenters. The summed E-state index contributed by atoms with van der Waals surface area (Å²) in [5.74, 6) is -0.00526. The van der Waals surface area contributed by atoms with Gasteiger partial charge in [-0.1, -0.05) is 17.7 Å². The number of aromatic nitrogens is 2. The van der Waals surface area contributed by atoms with Gasteiger partial charge >= 0.3 is 0 Å². The zero-order valence-electron chi connectivity index (χ0n) is 20.7. The summed E-state index contributed by atoms with van der Waals surface area (Å²) in [7, 11) is 0. The van der Waals surface area contributed by atoms with Crippen molar-refractivity contribution in [3.63, 3.8) is 0 Å². The SMILES string of the molecule is CC(C)Oc1ccc(NC(=O)[C@@H]2CC(c3ccn(C(C)(C)C)n3)[C@H](c3ccc(Cl)c(F)c3)N2)cc1. The van der Waals surface area contributed by atoms with E-state index in [2.05, 4.69) is 31.4 Å². The fraction of sp³-hybridized carbons (Fsp3) is 0.407. The molecule has 2 aromatic carbocycles. The predicted octanol–water partition coefficient (Wildman–Crippen LogP) is 6.04. The quantitative estimate of drug-likeness (QED) is 0.434. The van der Waals surface area contributed by atoms with Crippen LogP contribution in [0.2, 0.25) is 5.02 Å². The molecule has 1 saturated heterocycles. The molecule has 1 amide bonds. The van der Waals surface area contributed by atoms with Crippen LogP contribution in [-0.2, 0) is 10.3 Å². The van der Waals surface area contributed by atoms with Gasteiger partial charge in [0.2, 0.25) is 5.91 Å². The normalized spacial score (nSPS) is 20.3. The van der Waals surface area contributed by atoms with E-state index in [1.165, 1.54) is 6.07 Å². The third-order valence-corrected chi connectivity index (χ3v) is 6.37. The highest BCUT2D eigenvalue weighted by Crippen LogP contribution is 2.41. The van der Waals surface area contributed by atoms with Crippen LogP contribution >= 0.6 is 11.6 Å². The molecule has 8 heteroatoms. The number of anilines is 1. The van der Waals surface area contributed by atoms with Gasteiger partial charge in [-0.15, -0.1) is 0 Å². The lowest BCUT2D eigenvalue weighted by Gasteiger charge is -2.21. The van der Waals surface area contributed by atoms with Crippen LogP contribution in [-0.4, -0.2) is 27.8 Å². The van der Waals surface area contributed by atoms with Gasteiger partial charge in [-0.3, -0.25) is 14.8 Å². The third kappa shape index (κ3) is 5.85. The molecule has 3 atom stereocenters. The second-order valence-electron chi connectivity index (χ2n) is 10.2. The van der Waals surface area contributed by atoms with E-state index in [0.29, 0.717) is 12.1 Å². The number of amides is 1. The van der Waals surface area contributed by atoms with E-state index >= 15 is 0 Å². The number of nitrogens with zero attached hydrogens (tertiary/aromatic N) is 2. The van der Waals surface area contributed by atoms with Crippen LogP contribution in [0.25, 0.3) is 0 Å². The lowest BCUT2D eigenvalue weighted by atomic mass is 9.90. The average molecular weight is 499 g/mol. The van der Waals surface area contributed by atoms with Crippen LogP contribution < -0.4 is 15.4 Å². The maximum atomic E-state index is 14.3. The predicted molar refractivity (Wildman–Crippen MR) is 136 cm³/mol. The van der Waals surface area contributed by atoms with Crippen molar-refractivity contribution in [2.24, 2.45) is 0 Å². The molecule has 0 radical (unpaired) electrons. The number of ether oxygens (including phenoxy) is 1. The number of hydrogen-bond acceptors (Lipinski definition) is 4. The summed E-state index contributed by atoms with van der Waals surface area (Å²) in [6.45, 7) is 10.2. The van der Waals surface area contributed by atoms with Crippen molar-refractivity contribution in [3.05, 3.63) is 76.8 Å². The smallest absolute Gasteiger partial charge is 0.241 e. The molecule has 0 saturated carbocycles. The number of nitrogens with one attached hydrogen (secondary N) is 2. The Bertz CT molecular complexity index is 1190. The van der Waals surface area contributed by atoms with E-state index < -0.39 is 11.9 Å². The van der Waals surface area contributed by atoms with E-state index in [1.54, 1.807) is 12.1 Å². The van der Waals surface area contributed by atoms with Crippen LogP contribution in [0.1, 0.15) is 64.3 Å². The molecule has 35 heavy (non-hydrogen) atoms. The maximum absolute atomic E-state index is 14.3. The number of hydrogen-bond donors (Lipinski definition) is 2. The Morgan fingerprint density at radius 3 is 2.51 bits per heavy atom. The van der Waals surface area contributed by atoms with Gasteiger partial charge in [0.15, 0.2) is 0 Å². The first-order chi connectivity index (χ1) is 16.5. The zero-order chi connectivity index (χ0) is 25.3. The molecule has 1 aliphatic heterocycles. The standard InChI is InChI=1S/C27H32ClFN4O2/c1-16(2)35-19-9-7-18(8-10-19)30-26(34)24-15-20(23-12-13-33(32-23)27(3,4)5)25(31-24)17-6-11-21(28)22(29)14-17/h6-14,16,20,24-25,31H,15H2,1-5H3,(H,30,34)/t20?,24-,25-/m0/s1. The Labute approximate surface area is 210 Å². The number of halogens is 2. The van der Waals surface area contributed by atoms with Crippen LogP contribution in [0.5, 0.6) is 5.75 Å². The van der Waals surface area contributed by atoms with Gasteiger partial charge < -0.3 is 10.1 Å². The fourth-order valence-electron chi connectivity index (χ4n) is 4.33. The van der Waals surface area contributed by atoms with Crippen molar-refractivity contribution in [2.75, 3.05) is 5.32 Å². The molecule has 4 rings (SSSR count). The minimum atomic E-state index is -0.485. The lowest BCUT2D eigenvalue weighted by Crippen LogP contribution is -2.36. The average Bonchev–Trinajstić information content (AvgIpc) is 3.44. The van der Waals surface area contributed by atoms with Crippen molar-refractivity contribution in [3.8, 4) is 5.75 Å². The highest BCUT2D eigenvalue weighted by Gasteiger charge is 2.40. The Morgan fingerprint density at radius 1 is 1.20 bits per heavy atom. The second kappa shape index (κ2) is 9.99. The molecule has 186 valence electrons. The van der Waals surface area contributed by atoms with Crippen LogP contribution in [0.4, 0.5) is 10.1 Å². The van der Waals surface area contributed by atoms with Gasteiger partial charge in [0.25, 0.3) is 0 Å². The molecule has 2 N–H and O–H groups in total. The molecule has 0 spiro atoms. The molecule has 3 aromatic rings. The van der Waals surface area contributed by atoms with Crippen molar-refractivity contribution in [2.45, 2.75) is 70.7 Å². The van der Waals surface area contributed by atoms with Gasteiger partial charge in [0.1, 0.15) is 11.6 Å². The molecule has 2 heterocycles. The van der Waals surface area contributed by atoms with Gasteiger partial charge in [-0.2, -0.15) is 5.10 Å². The van der Waals surface area contributed by atoms with Crippen molar-refractivity contribution >= 4 is 23.2 Å². The van der Waals surface area contributed by atoms with Crippen molar-refractivity contribution < 1.29 is 13.9 Å². The van der Waals surface area contributed by atoms with Crippen molar-refractivity contribution in [1.82, 2.24) is 15.1 Å². The minimum Gasteiger partial charge on any atom is -0.491 e. The number of rotatable bonds is 6. The first kappa shape index (κ1) is 25.2. The third-order valence-electron chi connectivity index (χ3n) is 6.06. The number of carbonyl (C=O) groups is 1. The number of benzene rings is 2. The van der Waals surface area contributed by atoms with Gasteiger partial charge in [-0.25, -0.2) is 4.39 Å². The van der Waals surface area contributed by atoms with Gasteiger partial charge in [0, 0.05) is 23.8 Å². The molecule has 0 bridgehead atoms. The summed E-state index contributed by atoms with van der Waals surface area (Å²) in [5.41, 5.74) is 2.10. The number of carbonyl (C=O) groups excluding carboxylic acids is 1. The summed E-state index contributed by atoms with van der Waals surface area (Å²) in [6.07, 6.45) is 2.55. The fourth-order valence-corrected chi connectivity index (χ4v) is 4.44. The van der Waals surface area contributed by atoms with Crippen LogP contribution in [0, 0.1) is 5.82 Å². The lowest BCUT2D eigenvalue weighted by molar-refractivity contribution is -0.117. The molecular weight excluding hydrogens is 467 g/mol. The second-order valence-corrected chi connectivity index (χ2v) is 10.7. The molecule has 0 aliphatic carbocycles. The monoisotopic (exact) mass is 498 g/mol. The van der Waals surface area contributed by atoms with E-state index in [-0.39, 0.29) is 34.5 Å². The van der Waals surface area contributed by atoms with Crippen molar-refractivity contribution in [1.29, 1.82) is 0 Å². The maximum Gasteiger partial charge on any atom is 0.241 e. The summed E-state index contributed by atoms with van der Waals surface area (Å²) in [4.78, 5) is 13.2. The first-order valence-electron chi connectivity index (χ1n) is 11.9. The molecule has 1 aromatic heterocycles. The topological polar surface area (TPSA) is 68.2 Å². The zero-order valence-corrected chi connectivity index (χ0v) is 21.4. The largest absolute Gasteiger partial charge is 0.491 e. The van der Waals surface area contributed by atoms with Crippen LogP contribution in [0.15, 0.2) is 54.7 Å². The molecule has 6 nitrogen and oxygen atoms in total. The Balaban J connectivity index is 1.56. The molecule has 1 aliphatic rings. The Kier molecular flexibility index (Phi) is 7.20.